The fourth-order valence-corrected chi connectivity index (χ4v) is 5.46. The summed E-state index contributed by atoms with van der Waals surface area (Å²) in [6, 6.07) is 4.80. The number of pyridine rings is 1. The third-order valence-electron chi connectivity index (χ3n) is 3.47. The van der Waals surface area contributed by atoms with Gasteiger partial charge in [-0.05, 0) is 31.0 Å². The molecule has 1 N–H and O–H groups in total. The van der Waals surface area contributed by atoms with E-state index in [1.54, 1.807) is 0 Å². The predicted octanol–water partition coefficient (Wildman–Crippen LogP) is 3.23. The van der Waals surface area contributed by atoms with Crippen molar-refractivity contribution >= 4 is 23.5 Å². The summed E-state index contributed by atoms with van der Waals surface area (Å²) in [5, 5.41) is 5.21. The van der Waals surface area contributed by atoms with Crippen LogP contribution >= 0.6 is 23.5 Å². The van der Waals surface area contributed by atoms with Gasteiger partial charge in [0.05, 0.1) is 0 Å². The maximum Gasteiger partial charge on any atom is 0.0320 e. The van der Waals surface area contributed by atoms with Gasteiger partial charge in [-0.25, -0.2) is 0 Å². The van der Waals surface area contributed by atoms with Gasteiger partial charge in [0.25, 0.3) is 0 Å². The number of hydrogen-bond acceptors (Lipinski definition) is 4. The summed E-state index contributed by atoms with van der Waals surface area (Å²) in [5.74, 6) is 2.59. The Labute approximate surface area is 125 Å². The molecule has 1 aliphatic heterocycles. The molecule has 2 rings (SSSR count). The van der Waals surface area contributed by atoms with E-state index in [1.165, 1.54) is 23.5 Å². The lowest BCUT2D eigenvalue weighted by molar-refractivity contribution is 0.486. The summed E-state index contributed by atoms with van der Waals surface area (Å²) in [4.78, 5) is 4.24. The van der Waals surface area contributed by atoms with Gasteiger partial charge in [-0.1, -0.05) is 19.9 Å². The molecule has 1 fully saturated rings. The maximum absolute atomic E-state index is 4.24. The van der Waals surface area contributed by atoms with Crippen LogP contribution in [0.2, 0.25) is 0 Å². The SMILES string of the molecule is CCCNC(Cc1cccnc1)C1SCCSC1C. The van der Waals surface area contributed by atoms with Crippen molar-refractivity contribution in [2.75, 3.05) is 18.1 Å². The van der Waals surface area contributed by atoms with E-state index in [1.807, 2.05) is 18.5 Å². The smallest absolute Gasteiger partial charge is 0.0320 e. The van der Waals surface area contributed by atoms with Crippen molar-refractivity contribution in [3.05, 3.63) is 30.1 Å². The van der Waals surface area contributed by atoms with E-state index in [0.717, 1.165) is 18.2 Å². The molecule has 0 radical (unpaired) electrons. The van der Waals surface area contributed by atoms with Crippen LogP contribution in [0, 0.1) is 0 Å². The highest BCUT2D eigenvalue weighted by Crippen LogP contribution is 2.33. The fraction of sp³-hybridized carbons (Fsp3) is 0.667. The minimum atomic E-state index is 0.567. The third kappa shape index (κ3) is 4.69. The zero-order valence-electron chi connectivity index (χ0n) is 11.8. The van der Waals surface area contributed by atoms with Crippen molar-refractivity contribution in [1.82, 2.24) is 10.3 Å². The normalized spacial score (nSPS) is 25.2. The highest BCUT2D eigenvalue weighted by Gasteiger charge is 2.30. The molecule has 1 aromatic rings. The molecule has 0 bridgehead atoms. The summed E-state index contributed by atoms with van der Waals surface area (Å²) in [5.41, 5.74) is 1.35. The lowest BCUT2D eigenvalue weighted by atomic mass is 10.0. The molecule has 1 saturated heterocycles. The van der Waals surface area contributed by atoms with Gasteiger partial charge < -0.3 is 5.32 Å². The molecule has 0 aliphatic carbocycles. The van der Waals surface area contributed by atoms with Crippen LogP contribution in [0.5, 0.6) is 0 Å². The van der Waals surface area contributed by atoms with E-state index >= 15 is 0 Å². The van der Waals surface area contributed by atoms with Crippen LogP contribution in [-0.4, -0.2) is 39.6 Å². The van der Waals surface area contributed by atoms with Crippen molar-refractivity contribution in [3.8, 4) is 0 Å². The summed E-state index contributed by atoms with van der Waals surface area (Å²) in [7, 11) is 0. The number of rotatable bonds is 6. The van der Waals surface area contributed by atoms with Gasteiger partial charge in [0, 0.05) is 40.4 Å². The van der Waals surface area contributed by atoms with Crippen molar-refractivity contribution in [1.29, 1.82) is 0 Å². The minimum Gasteiger partial charge on any atom is -0.313 e. The average molecular weight is 297 g/mol. The second-order valence-electron chi connectivity index (χ2n) is 5.04. The van der Waals surface area contributed by atoms with E-state index in [4.69, 9.17) is 0 Å². The first-order valence-corrected chi connectivity index (χ1v) is 9.26. The molecule has 0 aromatic carbocycles. The fourth-order valence-electron chi connectivity index (χ4n) is 2.50. The molecule has 1 aromatic heterocycles. The third-order valence-corrected chi connectivity index (χ3v) is 6.72. The first kappa shape index (κ1) is 15.2. The van der Waals surface area contributed by atoms with Crippen LogP contribution in [0.3, 0.4) is 0 Å². The van der Waals surface area contributed by atoms with Crippen LogP contribution in [0.25, 0.3) is 0 Å². The lowest BCUT2D eigenvalue weighted by Crippen LogP contribution is -2.46. The van der Waals surface area contributed by atoms with Gasteiger partial charge in [-0.2, -0.15) is 23.5 Å². The number of nitrogens with zero attached hydrogens (tertiary/aromatic N) is 1. The zero-order chi connectivity index (χ0) is 13.5. The molecule has 1 aliphatic rings. The summed E-state index contributed by atoms with van der Waals surface area (Å²) in [6.07, 6.45) is 6.15. The van der Waals surface area contributed by atoms with Gasteiger partial charge >= 0.3 is 0 Å². The van der Waals surface area contributed by atoms with Crippen molar-refractivity contribution in [2.24, 2.45) is 0 Å². The molecular formula is C15H24N2S2. The Balaban J connectivity index is 2.02. The molecule has 2 nitrogen and oxygen atoms in total. The summed E-state index contributed by atoms with van der Waals surface area (Å²) in [6.45, 7) is 5.73. The quantitative estimate of drug-likeness (QED) is 0.871. The van der Waals surface area contributed by atoms with Crippen molar-refractivity contribution < 1.29 is 0 Å². The Morgan fingerprint density at radius 3 is 2.95 bits per heavy atom. The van der Waals surface area contributed by atoms with E-state index < -0.39 is 0 Å². The predicted molar refractivity (Wildman–Crippen MR) is 88.2 cm³/mol. The van der Waals surface area contributed by atoms with Crippen LogP contribution in [0.1, 0.15) is 25.8 Å². The maximum atomic E-state index is 4.24. The van der Waals surface area contributed by atoms with Gasteiger partial charge in [0.2, 0.25) is 0 Å². The highest BCUT2D eigenvalue weighted by atomic mass is 32.2. The number of aromatic nitrogens is 1. The molecule has 0 amide bonds. The molecule has 106 valence electrons. The monoisotopic (exact) mass is 296 g/mol. The Kier molecular flexibility index (Phi) is 6.54. The van der Waals surface area contributed by atoms with Gasteiger partial charge in [-0.3, -0.25) is 4.98 Å². The standard InChI is InChI=1S/C15H24N2S2/c1-3-6-17-14(10-13-5-4-7-16-11-13)15-12(2)18-8-9-19-15/h4-5,7,11-12,14-15,17H,3,6,8-10H2,1-2H3. The van der Waals surface area contributed by atoms with Gasteiger partial charge in [0.1, 0.15) is 0 Å². The average Bonchev–Trinajstić information content (AvgIpc) is 2.45. The van der Waals surface area contributed by atoms with E-state index in [9.17, 15) is 0 Å². The van der Waals surface area contributed by atoms with Crippen LogP contribution in [0.4, 0.5) is 0 Å². The van der Waals surface area contributed by atoms with Gasteiger partial charge in [0.15, 0.2) is 0 Å². The Morgan fingerprint density at radius 2 is 2.26 bits per heavy atom. The first-order chi connectivity index (χ1) is 9.31. The first-order valence-electron chi connectivity index (χ1n) is 7.16. The zero-order valence-corrected chi connectivity index (χ0v) is 13.5. The molecule has 0 saturated carbocycles. The largest absolute Gasteiger partial charge is 0.313 e. The number of nitrogens with one attached hydrogen (secondary N) is 1. The molecule has 4 heteroatoms. The molecular weight excluding hydrogens is 272 g/mol. The van der Waals surface area contributed by atoms with Crippen LogP contribution in [0.15, 0.2) is 24.5 Å². The van der Waals surface area contributed by atoms with Crippen LogP contribution in [-0.2, 0) is 6.42 Å². The second-order valence-corrected chi connectivity index (χ2v) is 7.81. The molecule has 3 atom stereocenters. The topological polar surface area (TPSA) is 24.9 Å². The Hall–Kier alpha value is -0.190. The van der Waals surface area contributed by atoms with Gasteiger partial charge in [-0.15, -0.1) is 0 Å². The molecule has 3 unspecified atom stereocenters. The Morgan fingerprint density at radius 1 is 1.42 bits per heavy atom. The number of thioether (sulfide) groups is 2. The molecule has 2 heterocycles. The van der Waals surface area contributed by atoms with Crippen molar-refractivity contribution in [2.45, 2.75) is 43.2 Å². The Bertz CT molecular complexity index is 358. The van der Waals surface area contributed by atoms with E-state index in [0.29, 0.717) is 11.3 Å². The van der Waals surface area contributed by atoms with Crippen molar-refractivity contribution in [3.63, 3.8) is 0 Å². The summed E-state index contributed by atoms with van der Waals surface area (Å²) < 4.78 is 0. The van der Waals surface area contributed by atoms with E-state index in [2.05, 4.69) is 53.7 Å². The molecule has 19 heavy (non-hydrogen) atoms. The minimum absolute atomic E-state index is 0.567. The lowest BCUT2D eigenvalue weighted by Gasteiger charge is -2.35. The highest BCUT2D eigenvalue weighted by molar-refractivity contribution is 8.07. The van der Waals surface area contributed by atoms with E-state index in [-0.39, 0.29) is 0 Å². The molecule has 0 spiro atoms. The summed E-state index contributed by atoms with van der Waals surface area (Å²) >= 11 is 4.27. The van der Waals surface area contributed by atoms with Crippen LogP contribution < -0.4 is 5.32 Å². The second kappa shape index (κ2) is 8.18. The number of hydrogen-bond donors (Lipinski definition) is 1.